The third kappa shape index (κ3) is 6.03. The average Bonchev–Trinajstić information content (AvgIpc) is 3.59. The molecule has 1 saturated carbocycles. The number of amides is 2. The van der Waals surface area contributed by atoms with Crippen LogP contribution in [0.3, 0.4) is 0 Å². The van der Waals surface area contributed by atoms with Crippen molar-refractivity contribution in [1.82, 2.24) is 30.1 Å². The number of likely N-dealkylation sites (tertiary alicyclic amines) is 2. The highest BCUT2D eigenvalue weighted by molar-refractivity contribution is 7.10. The van der Waals surface area contributed by atoms with E-state index in [1.165, 1.54) is 4.90 Å². The number of alkyl halides is 3. The van der Waals surface area contributed by atoms with Crippen LogP contribution in [0, 0.1) is 5.41 Å². The van der Waals surface area contributed by atoms with Crippen LogP contribution in [0.25, 0.3) is 11.3 Å². The van der Waals surface area contributed by atoms with Crippen LogP contribution in [-0.2, 0) is 6.18 Å². The van der Waals surface area contributed by atoms with Crippen molar-refractivity contribution in [2.75, 3.05) is 39.8 Å². The second-order valence-electron chi connectivity index (χ2n) is 11.4. The summed E-state index contributed by atoms with van der Waals surface area (Å²) in [6, 6.07) is 7.13. The summed E-state index contributed by atoms with van der Waals surface area (Å²) in [5, 5.41) is 3.21. The molecule has 1 unspecified atom stereocenters. The minimum Gasteiger partial charge on any atom is -0.488 e. The first-order valence-electron chi connectivity index (χ1n) is 14.1. The molecular formula is C29H31F3N6O4S. The summed E-state index contributed by atoms with van der Waals surface area (Å²) in [7, 11) is 2.01. The van der Waals surface area contributed by atoms with Crippen molar-refractivity contribution in [3.8, 4) is 22.9 Å². The van der Waals surface area contributed by atoms with E-state index < -0.39 is 17.1 Å². The lowest BCUT2D eigenvalue weighted by atomic mass is 9.61. The largest absolute Gasteiger partial charge is 0.488 e. The molecule has 6 rings (SSSR count). The van der Waals surface area contributed by atoms with Gasteiger partial charge in [-0.05, 0) is 64.0 Å². The molecular weight excluding hydrogens is 585 g/mol. The van der Waals surface area contributed by atoms with Gasteiger partial charge in [-0.2, -0.15) is 13.2 Å². The zero-order valence-electron chi connectivity index (χ0n) is 23.7. The molecule has 3 aliphatic rings. The van der Waals surface area contributed by atoms with E-state index in [0.29, 0.717) is 66.8 Å². The summed E-state index contributed by atoms with van der Waals surface area (Å²) in [5.74, 6) is -0.0363. The number of pyridine rings is 2. The first-order valence-corrected chi connectivity index (χ1v) is 15.0. The van der Waals surface area contributed by atoms with E-state index in [4.69, 9.17) is 14.5 Å². The summed E-state index contributed by atoms with van der Waals surface area (Å²) >= 11 is 0.419. The molecule has 2 amide bonds. The number of carbonyl (C=O) groups is 2. The molecule has 1 spiro atoms. The van der Waals surface area contributed by atoms with Crippen LogP contribution >= 0.6 is 11.3 Å². The Labute approximate surface area is 250 Å². The number of nitrogens with zero attached hydrogens (tertiary/aromatic N) is 5. The van der Waals surface area contributed by atoms with Crippen LogP contribution in [0.2, 0.25) is 0 Å². The molecule has 1 N–H and O–H groups in total. The van der Waals surface area contributed by atoms with Gasteiger partial charge in [0.15, 0.2) is 16.5 Å². The van der Waals surface area contributed by atoms with Gasteiger partial charge < -0.3 is 24.6 Å². The van der Waals surface area contributed by atoms with Gasteiger partial charge in [0, 0.05) is 42.7 Å². The Kier molecular flexibility index (Phi) is 7.75. The van der Waals surface area contributed by atoms with E-state index in [1.54, 1.807) is 24.4 Å². The Balaban J connectivity index is 1.14. The van der Waals surface area contributed by atoms with Crippen molar-refractivity contribution >= 4 is 23.2 Å². The Morgan fingerprint density at radius 1 is 1.19 bits per heavy atom. The number of likely N-dealkylation sites (N-methyl/N-ethyl adjacent to an activating group) is 1. The van der Waals surface area contributed by atoms with Crippen molar-refractivity contribution in [1.29, 1.82) is 0 Å². The SMILES string of the molecule is CCOc1ncccc1-c1ccc(OC2CC3(C2)CN(C(=O)c2csc(C(F)(F)F)n2)C3)c(C(=O)NC2CCN(C)C2)n1. The summed E-state index contributed by atoms with van der Waals surface area (Å²) in [6.07, 6.45) is -0.994. The van der Waals surface area contributed by atoms with Gasteiger partial charge in [0.25, 0.3) is 11.8 Å². The van der Waals surface area contributed by atoms with Gasteiger partial charge in [-0.1, -0.05) is 0 Å². The average molecular weight is 617 g/mol. The number of hydrogen-bond acceptors (Lipinski definition) is 9. The summed E-state index contributed by atoms with van der Waals surface area (Å²) in [5.41, 5.74) is 1.03. The molecule has 43 heavy (non-hydrogen) atoms. The van der Waals surface area contributed by atoms with E-state index in [-0.39, 0.29) is 34.9 Å². The highest BCUT2D eigenvalue weighted by Gasteiger charge is 2.55. The standard InChI is InChI=1S/C29H31F3N6O4S/c1-3-41-25-19(5-4-9-33-25)20-6-7-22(23(35-20)24(39)34-17-8-10-37(2)13-17)42-18-11-28(12-18)15-38(16-28)26(40)21-14-43-27(36-21)29(30,31)32/h4-7,9,14,17-18H,3,8,10-13,15-16H2,1-2H3,(H,34,39). The zero-order chi connectivity index (χ0) is 30.4. The number of rotatable bonds is 8. The summed E-state index contributed by atoms with van der Waals surface area (Å²) in [4.78, 5) is 42.3. The lowest BCUT2D eigenvalue weighted by molar-refractivity contribution is -0.137. The first kappa shape index (κ1) is 29.3. The van der Waals surface area contributed by atoms with E-state index in [0.717, 1.165) is 24.9 Å². The van der Waals surface area contributed by atoms with Crippen LogP contribution in [0.4, 0.5) is 13.2 Å². The van der Waals surface area contributed by atoms with Crippen LogP contribution in [0.1, 0.15) is 52.2 Å². The monoisotopic (exact) mass is 616 g/mol. The molecule has 0 bridgehead atoms. The maximum atomic E-state index is 13.5. The molecule has 3 aromatic heterocycles. The Bertz CT molecular complexity index is 1520. The second-order valence-corrected chi connectivity index (χ2v) is 12.3. The molecule has 1 atom stereocenters. The number of halogens is 3. The van der Waals surface area contributed by atoms with Crippen LogP contribution in [0.5, 0.6) is 11.6 Å². The molecule has 0 aromatic carbocycles. The third-order valence-electron chi connectivity index (χ3n) is 8.05. The molecule has 3 aromatic rings. The van der Waals surface area contributed by atoms with Crippen molar-refractivity contribution in [3.63, 3.8) is 0 Å². The number of nitrogens with one attached hydrogen (secondary N) is 1. The molecule has 0 radical (unpaired) electrons. The first-order chi connectivity index (χ1) is 20.5. The summed E-state index contributed by atoms with van der Waals surface area (Å²) in [6.45, 7) is 4.78. The smallest absolute Gasteiger partial charge is 0.443 e. The molecule has 2 saturated heterocycles. The normalized spacial score (nSPS) is 20.0. The number of aromatic nitrogens is 3. The number of thiazole rings is 1. The van der Waals surface area contributed by atoms with Gasteiger partial charge >= 0.3 is 6.18 Å². The Morgan fingerprint density at radius 2 is 1.98 bits per heavy atom. The van der Waals surface area contributed by atoms with Crippen molar-refractivity contribution in [2.24, 2.45) is 5.41 Å². The lowest BCUT2D eigenvalue weighted by Gasteiger charge is -2.58. The fourth-order valence-electron chi connectivity index (χ4n) is 6.00. The quantitative estimate of drug-likeness (QED) is 0.403. The van der Waals surface area contributed by atoms with Gasteiger partial charge in [-0.15, -0.1) is 11.3 Å². The second kappa shape index (κ2) is 11.4. The molecule has 228 valence electrons. The Morgan fingerprint density at radius 3 is 2.65 bits per heavy atom. The van der Waals surface area contributed by atoms with Gasteiger partial charge in [0.1, 0.15) is 11.8 Å². The summed E-state index contributed by atoms with van der Waals surface area (Å²) < 4.78 is 50.6. The predicted molar refractivity (Wildman–Crippen MR) is 151 cm³/mol. The van der Waals surface area contributed by atoms with E-state index in [9.17, 15) is 22.8 Å². The molecule has 2 aliphatic heterocycles. The van der Waals surface area contributed by atoms with Crippen molar-refractivity contribution < 1.29 is 32.2 Å². The maximum Gasteiger partial charge on any atom is 0.443 e. The van der Waals surface area contributed by atoms with Gasteiger partial charge in [0.05, 0.1) is 17.9 Å². The molecule has 10 nitrogen and oxygen atoms in total. The highest BCUT2D eigenvalue weighted by atomic mass is 32.1. The fraction of sp³-hybridized carbons (Fsp3) is 0.483. The predicted octanol–water partition coefficient (Wildman–Crippen LogP) is 4.14. The zero-order valence-corrected chi connectivity index (χ0v) is 24.5. The fourth-order valence-corrected chi connectivity index (χ4v) is 6.66. The number of carbonyl (C=O) groups excluding carboxylic acids is 2. The molecule has 3 fully saturated rings. The maximum absolute atomic E-state index is 13.5. The molecule has 1 aliphatic carbocycles. The van der Waals surface area contributed by atoms with Gasteiger partial charge in [0.2, 0.25) is 5.88 Å². The third-order valence-corrected chi connectivity index (χ3v) is 8.94. The van der Waals surface area contributed by atoms with Crippen LogP contribution in [-0.4, -0.2) is 88.5 Å². The van der Waals surface area contributed by atoms with E-state index >= 15 is 0 Å². The molecule has 5 heterocycles. The van der Waals surface area contributed by atoms with Crippen molar-refractivity contribution in [3.05, 3.63) is 52.2 Å². The van der Waals surface area contributed by atoms with E-state index in [1.807, 2.05) is 20.0 Å². The van der Waals surface area contributed by atoms with Gasteiger partial charge in [-0.3, -0.25) is 9.59 Å². The number of hydrogen-bond donors (Lipinski definition) is 1. The van der Waals surface area contributed by atoms with Crippen LogP contribution in [0.15, 0.2) is 35.8 Å². The van der Waals surface area contributed by atoms with Gasteiger partial charge in [-0.25, -0.2) is 15.0 Å². The number of ether oxygens (including phenoxy) is 2. The minimum atomic E-state index is -4.57. The van der Waals surface area contributed by atoms with E-state index in [2.05, 4.69) is 20.2 Å². The lowest BCUT2D eigenvalue weighted by Crippen LogP contribution is -2.65. The topological polar surface area (TPSA) is 110 Å². The Hall–Kier alpha value is -3.78. The molecule has 14 heteroatoms. The minimum absolute atomic E-state index is 0.00332. The van der Waals surface area contributed by atoms with Crippen molar-refractivity contribution in [2.45, 2.75) is 44.5 Å². The van der Waals surface area contributed by atoms with Crippen LogP contribution < -0.4 is 14.8 Å². The highest BCUT2D eigenvalue weighted by Crippen LogP contribution is 2.50.